The van der Waals surface area contributed by atoms with E-state index in [0.717, 1.165) is 56.7 Å². The van der Waals surface area contributed by atoms with Crippen molar-refractivity contribution in [2.45, 2.75) is 49.9 Å². The first-order chi connectivity index (χ1) is 19.3. The summed E-state index contributed by atoms with van der Waals surface area (Å²) in [7, 11) is -3.35. The van der Waals surface area contributed by atoms with Gasteiger partial charge in [0.05, 0.1) is 11.3 Å². The van der Waals surface area contributed by atoms with E-state index in [1.54, 1.807) is 6.07 Å². The van der Waals surface area contributed by atoms with Crippen molar-refractivity contribution in [2.75, 3.05) is 31.1 Å². The number of hydrogen-bond acceptors (Lipinski definition) is 4. The molecule has 2 aliphatic rings. The third kappa shape index (κ3) is 7.53. The second kappa shape index (κ2) is 13.5. The highest BCUT2D eigenvalue weighted by Gasteiger charge is 2.33. The molecule has 5 nitrogen and oxygen atoms in total. The maximum atomic E-state index is 13.1. The molecule has 0 bridgehead atoms. The predicted molar refractivity (Wildman–Crippen MR) is 167 cm³/mol. The Bertz CT molecular complexity index is 1360. The Morgan fingerprint density at radius 3 is 2.23 bits per heavy atom. The summed E-state index contributed by atoms with van der Waals surface area (Å²) in [6.07, 6.45) is 4.03. The first kappa shape index (κ1) is 29.7. The lowest BCUT2D eigenvalue weighted by Crippen LogP contribution is -2.44. The van der Waals surface area contributed by atoms with Crippen LogP contribution in [0.15, 0.2) is 72.8 Å². The Kier molecular flexibility index (Phi) is 9.98. The topological polar surface area (TPSA) is 52.7 Å². The van der Waals surface area contributed by atoms with E-state index in [2.05, 4.69) is 26.7 Å². The highest BCUT2D eigenvalue weighted by molar-refractivity contribution is 7.90. The van der Waals surface area contributed by atoms with Crippen molar-refractivity contribution in [3.8, 4) is 0 Å². The summed E-state index contributed by atoms with van der Waals surface area (Å²) in [5, 5.41) is 1.65. The molecule has 9 heteroatoms. The molecule has 0 spiro atoms. The Hall–Kier alpha value is -1.80. The molecule has 0 amide bonds. The molecule has 0 radical (unpaired) electrons. The molecule has 1 N–H and O–H groups in total. The van der Waals surface area contributed by atoms with Gasteiger partial charge in [-0.1, -0.05) is 71.2 Å². The fraction of sp³-hybridized carbons (Fsp3) is 0.419. The Balaban J connectivity index is 1.16. The molecule has 2 saturated heterocycles. The number of nitrogens with one attached hydrogen (secondary N) is 1. The first-order valence-electron chi connectivity index (χ1n) is 14.0. The third-order valence-electron chi connectivity index (χ3n) is 8.24. The lowest BCUT2D eigenvalue weighted by Gasteiger charge is -2.42. The van der Waals surface area contributed by atoms with E-state index in [1.165, 1.54) is 5.56 Å². The van der Waals surface area contributed by atoms with Crippen LogP contribution in [0.5, 0.6) is 0 Å². The normalized spacial score (nSPS) is 21.0. The van der Waals surface area contributed by atoms with Crippen molar-refractivity contribution < 1.29 is 8.42 Å². The van der Waals surface area contributed by atoms with Crippen molar-refractivity contribution in [1.82, 2.24) is 9.62 Å². The number of hydrogen-bond donors (Lipinski definition) is 1. The van der Waals surface area contributed by atoms with Crippen molar-refractivity contribution in [3.05, 3.63) is 99.0 Å². The lowest BCUT2D eigenvalue weighted by atomic mass is 9.86. The van der Waals surface area contributed by atoms with E-state index >= 15 is 0 Å². The molecule has 214 valence electrons. The number of likely N-dealkylation sites (tertiary alicyclic amines) is 1. The predicted octanol–water partition coefficient (Wildman–Crippen LogP) is 7.58. The fourth-order valence-corrected chi connectivity index (χ4v) is 8.17. The summed E-state index contributed by atoms with van der Waals surface area (Å²) < 4.78 is 29.2. The lowest BCUT2D eigenvalue weighted by molar-refractivity contribution is 0.221. The smallest absolute Gasteiger partial charge is 0.214 e. The van der Waals surface area contributed by atoms with Gasteiger partial charge >= 0.3 is 0 Å². The molecular weight excluding hydrogens is 585 g/mol. The second-order valence-electron chi connectivity index (χ2n) is 10.9. The van der Waals surface area contributed by atoms with Gasteiger partial charge in [-0.25, -0.2) is 13.1 Å². The van der Waals surface area contributed by atoms with Gasteiger partial charge in [-0.2, -0.15) is 0 Å². The van der Waals surface area contributed by atoms with Crippen LogP contribution >= 0.6 is 34.8 Å². The van der Waals surface area contributed by atoms with E-state index < -0.39 is 10.0 Å². The molecule has 2 heterocycles. The van der Waals surface area contributed by atoms with Crippen molar-refractivity contribution >= 4 is 50.5 Å². The van der Waals surface area contributed by atoms with Gasteiger partial charge in [0.25, 0.3) is 0 Å². The standard InChI is InChI=1S/C31H36Cl3N3O2S/c32-25-7-10-27(11-8-25)37-22-24(6-13-31(37)29-12-9-26(33)20-30(29)34)14-17-35-40(38,39)28-15-18-36(19-16-28)21-23-4-2-1-3-5-23/h1-5,7-12,20,24,28,31,35H,6,13-19,21-22H2/t24?,31-/m0/s1. The second-order valence-corrected chi connectivity index (χ2v) is 14.3. The summed E-state index contributed by atoms with van der Waals surface area (Å²) in [6.45, 7) is 3.74. The minimum atomic E-state index is -3.35. The zero-order chi connectivity index (χ0) is 28.1. The van der Waals surface area contributed by atoms with Crippen molar-refractivity contribution in [2.24, 2.45) is 5.92 Å². The number of halogens is 3. The number of anilines is 1. The van der Waals surface area contributed by atoms with E-state index in [4.69, 9.17) is 34.8 Å². The Labute approximate surface area is 253 Å². The van der Waals surface area contributed by atoms with Crippen LogP contribution in [0, 0.1) is 5.92 Å². The molecule has 1 unspecified atom stereocenters. The minimum absolute atomic E-state index is 0.111. The average Bonchev–Trinajstić information content (AvgIpc) is 2.94. The van der Waals surface area contributed by atoms with E-state index in [1.807, 2.05) is 54.6 Å². The van der Waals surface area contributed by atoms with Crippen LogP contribution in [0.2, 0.25) is 15.1 Å². The van der Waals surface area contributed by atoms with Crippen molar-refractivity contribution in [1.29, 1.82) is 0 Å². The van der Waals surface area contributed by atoms with E-state index in [9.17, 15) is 8.42 Å². The molecule has 2 atom stereocenters. The van der Waals surface area contributed by atoms with Crippen LogP contribution in [-0.2, 0) is 16.6 Å². The fourth-order valence-electron chi connectivity index (χ4n) is 6.04. The quantitative estimate of drug-likeness (QED) is 0.268. The van der Waals surface area contributed by atoms with Crippen LogP contribution in [0.4, 0.5) is 5.69 Å². The molecule has 2 fully saturated rings. The molecule has 0 aromatic heterocycles. The van der Waals surface area contributed by atoms with Crippen LogP contribution in [0.3, 0.4) is 0 Å². The van der Waals surface area contributed by atoms with Crippen molar-refractivity contribution in [3.63, 3.8) is 0 Å². The number of nitrogens with zero attached hydrogens (tertiary/aromatic N) is 2. The van der Waals surface area contributed by atoms with E-state index in [0.29, 0.717) is 40.4 Å². The number of piperidine rings is 2. The molecule has 3 aromatic rings. The molecular formula is C31H36Cl3N3O2S. The van der Waals surface area contributed by atoms with Gasteiger partial charge in [0, 0.05) is 40.4 Å². The highest BCUT2D eigenvalue weighted by atomic mass is 35.5. The van der Waals surface area contributed by atoms with Crippen LogP contribution in [0.25, 0.3) is 0 Å². The van der Waals surface area contributed by atoms with Gasteiger partial charge in [-0.05, 0) is 98.6 Å². The maximum Gasteiger partial charge on any atom is 0.214 e. The summed E-state index contributed by atoms with van der Waals surface area (Å²) >= 11 is 19.0. The number of sulfonamides is 1. The minimum Gasteiger partial charge on any atom is -0.364 e. The third-order valence-corrected chi connectivity index (χ3v) is 11.0. The van der Waals surface area contributed by atoms with Crippen LogP contribution < -0.4 is 9.62 Å². The number of benzene rings is 3. The summed E-state index contributed by atoms with van der Waals surface area (Å²) in [5.41, 5.74) is 3.40. The van der Waals surface area contributed by atoms with Gasteiger partial charge in [0.1, 0.15) is 0 Å². The first-order valence-corrected chi connectivity index (χ1v) is 16.7. The van der Waals surface area contributed by atoms with Crippen LogP contribution in [0.1, 0.15) is 49.3 Å². The zero-order valence-electron chi connectivity index (χ0n) is 22.5. The maximum absolute atomic E-state index is 13.1. The summed E-state index contributed by atoms with van der Waals surface area (Å²) in [4.78, 5) is 4.72. The Morgan fingerprint density at radius 2 is 1.52 bits per heavy atom. The molecule has 2 aliphatic heterocycles. The van der Waals surface area contributed by atoms with Gasteiger partial charge in [-0.3, -0.25) is 4.90 Å². The molecule has 0 aliphatic carbocycles. The number of rotatable bonds is 9. The zero-order valence-corrected chi connectivity index (χ0v) is 25.6. The summed E-state index contributed by atoms with van der Waals surface area (Å²) in [6, 6.07) is 24.0. The van der Waals surface area contributed by atoms with Gasteiger partial charge < -0.3 is 4.90 Å². The van der Waals surface area contributed by atoms with Gasteiger partial charge in [0.2, 0.25) is 10.0 Å². The molecule has 5 rings (SSSR count). The monoisotopic (exact) mass is 619 g/mol. The molecule has 40 heavy (non-hydrogen) atoms. The molecule has 3 aromatic carbocycles. The SMILES string of the molecule is O=S(=O)(NCCC1CC[C@@H](c2ccc(Cl)cc2Cl)N(c2ccc(Cl)cc2)C1)C1CCN(Cc2ccccc2)CC1. The average molecular weight is 621 g/mol. The largest absolute Gasteiger partial charge is 0.364 e. The highest BCUT2D eigenvalue weighted by Crippen LogP contribution is 2.41. The van der Waals surface area contributed by atoms with Gasteiger partial charge in [0.15, 0.2) is 0 Å². The summed E-state index contributed by atoms with van der Waals surface area (Å²) in [5.74, 6) is 0.355. The van der Waals surface area contributed by atoms with Gasteiger partial charge in [-0.15, -0.1) is 0 Å². The Morgan fingerprint density at radius 1 is 0.825 bits per heavy atom. The molecule has 0 saturated carbocycles. The van der Waals surface area contributed by atoms with E-state index in [-0.39, 0.29) is 11.3 Å². The van der Waals surface area contributed by atoms with Crippen LogP contribution in [-0.4, -0.2) is 44.7 Å².